The molecule has 14 N–H and O–H groups in total. The Labute approximate surface area is 288 Å². The zero-order valence-corrected chi connectivity index (χ0v) is 29.5. The molecule has 3 atom stereocenters. The van der Waals surface area contributed by atoms with Gasteiger partial charge in [-0.1, -0.05) is 44.9 Å². The molecular weight excluding hydrogens is 614 g/mol. The monoisotopic (exact) mass is 684 g/mol. The maximum absolute atomic E-state index is 12.9. The van der Waals surface area contributed by atoms with Crippen LogP contribution < -0.4 is 49.9 Å². The first kappa shape index (κ1) is 45.2. The van der Waals surface area contributed by atoms with Crippen molar-refractivity contribution in [3.63, 3.8) is 0 Å². The van der Waals surface area contributed by atoms with E-state index in [1.807, 2.05) is 0 Å². The van der Waals surface area contributed by atoms with Crippen LogP contribution in [0.2, 0.25) is 0 Å². The molecule has 0 unspecified atom stereocenters. The van der Waals surface area contributed by atoms with Crippen molar-refractivity contribution in [1.82, 2.24) is 21.3 Å². The summed E-state index contributed by atoms with van der Waals surface area (Å²) in [5.74, 6) is -1.11. The van der Waals surface area contributed by atoms with Crippen molar-refractivity contribution in [3.8, 4) is 0 Å². The first-order chi connectivity index (χ1) is 23.2. The second-order valence-corrected chi connectivity index (χ2v) is 12.7. The molecule has 0 saturated carbocycles. The second kappa shape index (κ2) is 31.5. The van der Waals surface area contributed by atoms with E-state index in [1.165, 1.54) is 0 Å². The minimum atomic E-state index is -0.651. The molecular formula is C34H69N9O5. The molecule has 0 aromatic heterocycles. The standard InChI is InChI=1S/C34H69N9O5/c35-22-12-9-17-27(38)33(47)40-25-15-5-1-4-8-21-31(45)43-29(19-11-14-24-37)34(48)41-26-16-6-2-3-7-20-30(44)42-28(32(39)46)18-10-13-23-36/h27-29H,1-26,35-38H2,(H2,39,46)(H,40,47)(H,41,48)(H,42,44)(H,43,45)/t27-,28-,29-/m0/s1. The van der Waals surface area contributed by atoms with Crippen LogP contribution in [0.1, 0.15) is 135 Å². The van der Waals surface area contributed by atoms with E-state index in [2.05, 4.69) is 21.3 Å². The molecule has 0 heterocycles. The van der Waals surface area contributed by atoms with E-state index in [4.69, 9.17) is 28.7 Å². The Kier molecular flexibility index (Phi) is 29.6. The highest BCUT2D eigenvalue weighted by molar-refractivity contribution is 5.87. The van der Waals surface area contributed by atoms with Gasteiger partial charge in [0.2, 0.25) is 29.5 Å². The molecule has 0 aromatic rings. The Balaban J connectivity index is 4.15. The van der Waals surface area contributed by atoms with Gasteiger partial charge in [0.15, 0.2) is 0 Å². The zero-order valence-electron chi connectivity index (χ0n) is 29.5. The van der Waals surface area contributed by atoms with Gasteiger partial charge in [0, 0.05) is 25.9 Å². The molecule has 0 bridgehead atoms. The van der Waals surface area contributed by atoms with Crippen LogP contribution >= 0.6 is 0 Å². The number of carbonyl (C=O) groups is 5. The number of hydrogen-bond acceptors (Lipinski definition) is 9. The van der Waals surface area contributed by atoms with Crippen LogP contribution in [0.15, 0.2) is 0 Å². The highest BCUT2D eigenvalue weighted by atomic mass is 16.2. The molecule has 14 nitrogen and oxygen atoms in total. The Morgan fingerprint density at radius 2 is 0.854 bits per heavy atom. The van der Waals surface area contributed by atoms with Crippen molar-refractivity contribution in [2.24, 2.45) is 28.7 Å². The minimum Gasteiger partial charge on any atom is -0.368 e. The summed E-state index contributed by atoms with van der Waals surface area (Å²) in [6.45, 7) is 2.80. The van der Waals surface area contributed by atoms with E-state index in [-0.39, 0.29) is 23.6 Å². The average Bonchev–Trinajstić information content (AvgIpc) is 3.06. The van der Waals surface area contributed by atoms with Gasteiger partial charge in [-0.05, 0) is 96.7 Å². The molecule has 280 valence electrons. The average molecular weight is 684 g/mol. The van der Waals surface area contributed by atoms with Gasteiger partial charge in [0.05, 0.1) is 6.04 Å². The highest BCUT2D eigenvalue weighted by Crippen LogP contribution is 2.09. The fraction of sp³-hybridized carbons (Fsp3) is 0.853. The molecule has 0 fully saturated rings. The lowest BCUT2D eigenvalue weighted by Gasteiger charge is -2.18. The number of rotatable bonds is 33. The van der Waals surface area contributed by atoms with Crippen LogP contribution in [0.3, 0.4) is 0 Å². The Morgan fingerprint density at radius 3 is 1.33 bits per heavy atom. The summed E-state index contributed by atoms with van der Waals surface area (Å²) in [6.07, 6.45) is 15.8. The third kappa shape index (κ3) is 26.2. The number of hydrogen-bond donors (Lipinski definition) is 9. The molecule has 0 aliphatic rings. The van der Waals surface area contributed by atoms with Crippen LogP contribution in [0.4, 0.5) is 0 Å². The minimum absolute atomic E-state index is 0.115. The summed E-state index contributed by atoms with van der Waals surface area (Å²) in [5.41, 5.74) is 27.9. The molecule has 0 rings (SSSR count). The molecule has 48 heavy (non-hydrogen) atoms. The van der Waals surface area contributed by atoms with Crippen LogP contribution in [-0.4, -0.2) is 80.4 Å². The zero-order chi connectivity index (χ0) is 35.8. The normalized spacial score (nSPS) is 12.9. The summed E-state index contributed by atoms with van der Waals surface area (Å²) in [4.78, 5) is 61.2. The fourth-order valence-electron chi connectivity index (χ4n) is 5.27. The first-order valence-electron chi connectivity index (χ1n) is 18.4. The van der Waals surface area contributed by atoms with Crippen LogP contribution in [0, 0.1) is 0 Å². The number of carbonyl (C=O) groups excluding carboxylic acids is 5. The third-order valence-electron chi connectivity index (χ3n) is 8.29. The number of unbranched alkanes of at least 4 members (excludes halogenated alkanes) is 11. The molecule has 5 amide bonds. The lowest BCUT2D eigenvalue weighted by atomic mass is 10.1. The number of nitrogens with one attached hydrogen (secondary N) is 4. The SMILES string of the molecule is NCCCC[C@H](NC(=O)CCCCCCCNC(=O)[C@H](CCCCN)NC(=O)CCCCCCCNC(=O)[C@@H](N)CCCCN)C(N)=O. The summed E-state index contributed by atoms with van der Waals surface area (Å²) in [5, 5.41) is 11.5. The number of amides is 5. The quantitative estimate of drug-likeness (QED) is 0.0447. The summed E-state index contributed by atoms with van der Waals surface area (Å²) >= 11 is 0. The Hall–Kier alpha value is -2.81. The molecule has 0 aliphatic heterocycles. The molecule has 0 radical (unpaired) electrons. The number of nitrogens with two attached hydrogens (primary N) is 5. The Bertz CT molecular complexity index is 878. The van der Waals surface area contributed by atoms with E-state index < -0.39 is 24.0 Å². The van der Waals surface area contributed by atoms with Crippen molar-refractivity contribution in [3.05, 3.63) is 0 Å². The van der Waals surface area contributed by atoms with Crippen molar-refractivity contribution in [1.29, 1.82) is 0 Å². The summed E-state index contributed by atoms with van der Waals surface area (Å²) < 4.78 is 0. The van der Waals surface area contributed by atoms with Gasteiger partial charge in [-0.2, -0.15) is 0 Å². The van der Waals surface area contributed by atoms with Gasteiger partial charge in [-0.3, -0.25) is 24.0 Å². The van der Waals surface area contributed by atoms with E-state index in [1.54, 1.807) is 0 Å². The maximum Gasteiger partial charge on any atom is 0.242 e. The second-order valence-electron chi connectivity index (χ2n) is 12.7. The molecule has 0 spiro atoms. The van der Waals surface area contributed by atoms with Crippen molar-refractivity contribution in [2.75, 3.05) is 32.7 Å². The highest BCUT2D eigenvalue weighted by Gasteiger charge is 2.20. The third-order valence-corrected chi connectivity index (χ3v) is 8.29. The summed E-state index contributed by atoms with van der Waals surface area (Å²) in [7, 11) is 0. The Morgan fingerprint density at radius 1 is 0.458 bits per heavy atom. The van der Waals surface area contributed by atoms with Crippen molar-refractivity contribution < 1.29 is 24.0 Å². The largest absolute Gasteiger partial charge is 0.368 e. The van der Waals surface area contributed by atoms with Crippen molar-refractivity contribution in [2.45, 2.75) is 153 Å². The van der Waals surface area contributed by atoms with Gasteiger partial charge >= 0.3 is 0 Å². The summed E-state index contributed by atoms with van der Waals surface area (Å²) in [6, 6.07) is -1.71. The first-order valence-corrected chi connectivity index (χ1v) is 18.4. The smallest absolute Gasteiger partial charge is 0.242 e. The number of primary amides is 1. The molecule has 0 aromatic carbocycles. The molecule has 0 saturated heterocycles. The van der Waals surface area contributed by atoms with Crippen LogP contribution in [0.25, 0.3) is 0 Å². The van der Waals surface area contributed by atoms with Gasteiger partial charge in [-0.15, -0.1) is 0 Å². The van der Waals surface area contributed by atoms with Crippen LogP contribution in [0.5, 0.6) is 0 Å². The van der Waals surface area contributed by atoms with E-state index in [0.29, 0.717) is 71.2 Å². The fourth-order valence-corrected chi connectivity index (χ4v) is 5.27. The van der Waals surface area contributed by atoms with Crippen LogP contribution in [-0.2, 0) is 24.0 Å². The molecule has 14 heteroatoms. The van der Waals surface area contributed by atoms with Crippen molar-refractivity contribution >= 4 is 29.5 Å². The molecule has 0 aliphatic carbocycles. The van der Waals surface area contributed by atoms with Gasteiger partial charge in [0.1, 0.15) is 12.1 Å². The lowest BCUT2D eigenvalue weighted by Crippen LogP contribution is -2.47. The van der Waals surface area contributed by atoms with E-state index in [9.17, 15) is 24.0 Å². The van der Waals surface area contributed by atoms with Gasteiger partial charge in [-0.25, -0.2) is 0 Å². The van der Waals surface area contributed by atoms with Gasteiger partial charge < -0.3 is 49.9 Å². The lowest BCUT2D eigenvalue weighted by molar-refractivity contribution is -0.129. The van der Waals surface area contributed by atoms with E-state index in [0.717, 1.165) is 96.3 Å². The predicted molar refractivity (Wildman–Crippen MR) is 191 cm³/mol. The van der Waals surface area contributed by atoms with Gasteiger partial charge in [0.25, 0.3) is 0 Å². The predicted octanol–water partition coefficient (Wildman–Crippen LogP) is 1.07. The topological polar surface area (TPSA) is 264 Å². The van der Waals surface area contributed by atoms with E-state index >= 15 is 0 Å². The maximum atomic E-state index is 12.9.